The summed E-state index contributed by atoms with van der Waals surface area (Å²) in [6.45, 7) is 0.596. The minimum atomic E-state index is -0.805. The molecule has 0 atom stereocenters. The Balaban J connectivity index is 2.27. The second-order valence-electron chi connectivity index (χ2n) is 4.34. The number of hydrogen-bond acceptors (Lipinski definition) is 2. The molecule has 0 fully saturated rings. The SMILES string of the molecule is CN(Cc1ccccc1)C(=O)CCCCC(=O)O. The molecule has 1 rings (SSSR count). The van der Waals surface area contributed by atoms with Crippen molar-refractivity contribution in [3.63, 3.8) is 0 Å². The molecule has 0 unspecified atom stereocenters. The number of nitrogens with zero attached hydrogens (tertiary/aromatic N) is 1. The van der Waals surface area contributed by atoms with E-state index < -0.39 is 5.97 Å². The maximum absolute atomic E-state index is 11.8. The fourth-order valence-corrected chi connectivity index (χ4v) is 1.69. The first-order chi connectivity index (χ1) is 8.59. The van der Waals surface area contributed by atoms with Crippen LogP contribution in [0.2, 0.25) is 0 Å². The van der Waals surface area contributed by atoms with Crippen LogP contribution < -0.4 is 0 Å². The Morgan fingerprint density at radius 1 is 1.11 bits per heavy atom. The zero-order valence-electron chi connectivity index (χ0n) is 10.6. The highest BCUT2D eigenvalue weighted by atomic mass is 16.4. The molecule has 4 nitrogen and oxygen atoms in total. The molecule has 0 heterocycles. The van der Waals surface area contributed by atoms with Crippen LogP contribution in [0.5, 0.6) is 0 Å². The van der Waals surface area contributed by atoms with Crippen molar-refractivity contribution in [1.29, 1.82) is 0 Å². The zero-order chi connectivity index (χ0) is 13.4. The molecule has 4 heteroatoms. The topological polar surface area (TPSA) is 57.6 Å². The lowest BCUT2D eigenvalue weighted by Crippen LogP contribution is -2.25. The minimum Gasteiger partial charge on any atom is -0.481 e. The van der Waals surface area contributed by atoms with Gasteiger partial charge in [-0.25, -0.2) is 0 Å². The fraction of sp³-hybridized carbons (Fsp3) is 0.429. The molecule has 0 aromatic heterocycles. The molecule has 1 aromatic carbocycles. The van der Waals surface area contributed by atoms with Gasteiger partial charge in [-0.2, -0.15) is 0 Å². The van der Waals surface area contributed by atoms with Crippen molar-refractivity contribution in [2.24, 2.45) is 0 Å². The third-order valence-electron chi connectivity index (χ3n) is 2.72. The Kier molecular flexibility index (Phi) is 5.91. The maximum Gasteiger partial charge on any atom is 0.303 e. The Bertz CT molecular complexity index is 389. The molecule has 1 amide bonds. The van der Waals surface area contributed by atoms with E-state index in [1.165, 1.54) is 0 Å². The van der Waals surface area contributed by atoms with Gasteiger partial charge in [-0.05, 0) is 18.4 Å². The second-order valence-corrected chi connectivity index (χ2v) is 4.34. The van der Waals surface area contributed by atoms with Crippen LogP contribution in [0.4, 0.5) is 0 Å². The van der Waals surface area contributed by atoms with Gasteiger partial charge in [-0.3, -0.25) is 9.59 Å². The summed E-state index contributed by atoms with van der Waals surface area (Å²) in [6.07, 6.45) is 1.73. The predicted molar refractivity (Wildman–Crippen MR) is 69.0 cm³/mol. The van der Waals surface area contributed by atoms with E-state index in [9.17, 15) is 9.59 Å². The van der Waals surface area contributed by atoms with Crippen molar-refractivity contribution >= 4 is 11.9 Å². The lowest BCUT2D eigenvalue weighted by molar-refractivity contribution is -0.137. The fourth-order valence-electron chi connectivity index (χ4n) is 1.69. The monoisotopic (exact) mass is 249 g/mol. The third kappa shape index (κ3) is 5.48. The number of carboxylic acids is 1. The Hall–Kier alpha value is -1.84. The molecule has 0 radical (unpaired) electrons. The molecule has 1 N–H and O–H groups in total. The number of hydrogen-bond donors (Lipinski definition) is 1. The molecule has 0 saturated carbocycles. The molecule has 0 saturated heterocycles. The van der Waals surface area contributed by atoms with Gasteiger partial charge in [0.05, 0.1) is 0 Å². The number of carboxylic acid groups (broad SMARTS) is 1. The molecule has 0 aliphatic carbocycles. The summed E-state index contributed by atoms with van der Waals surface area (Å²) in [7, 11) is 1.77. The van der Waals surface area contributed by atoms with Crippen molar-refractivity contribution in [1.82, 2.24) is 4.90 Å². The van der Waals surface area contributed by atoms with Crippen LogP contribution in [-0.2, 0) is 16.1 Å². The summed E-state index contributed by atoms with van der Waals surface area (Å²) < 4.78 is 0. The van der Waals surface area contributed by atoms with Gasteiger partial charge < -0.3 is 10.0 Å². The first kappa shape index (κ1) is 14.2. The van der Waals surface area contributed by atoms with Crippen molar-refractivity contribution < 1.29 is 14.7 Å². The van der Waals surface area contributed by atoms with Gasteiger partial charge in [0.25, 0.3) is 0 Å². The molecule has 98 valence electrons. The van der Waals surface area contributed by atoms with Crippen LogP contribution in [-0.4, -0.2) is 28.9 Å². The normalized spacial score (nSPS) is 10.1. The molecular weight excluding hydrogens is 230 g/mol. The van der Waals surface area contributed by atoms with Crippen LogP contribution in [0, 0.1) is 0 Å². The maximum atomic E-state index is 11.8. The van der Waals surface area contributed by atoms with E-state index in [1.807, 2.05) is 30.3 Å². The lowest BCUT2D eigenvalue weighted by Gasteiger charge is -2.17. The van der Waals surface area contributed by atoms with Crippen LogP contribution in [0.15, 0.2) is 30.3 Å². The average molecular weight is 249 g/mol. The van der Waals surface area contributed by atoms with E-state index in [0.717, 1.165) is 5.56 Å². The molecule has 1 aromatic rings. The third-order valence-corrected chi connectivity index (χ3v) is 2.72. The van der Waals surface area contributed by atoms with Crippen molar-refractivity contribution in [3.8, 4) is 0 Å². The summed E-state index contributed by atoms with van der Waals surface area (Å²) in [4.78, 5) is 23.8. The van der Waals surface area contributed by atoms with E-state index in [2.05, 4.69) is 0 Å². The van der Waals surface area contributed by atoms with E-state index in [4.69, 9.17) is 5.11 Å². The molecule has 0 aliphatic rings. The summed E-state index contributed by atoms with van der Waals surface area (Å²) in [5, 5.41) is 8.49. The van der Waals surface area contributed by atoms with E-state index in [-0.39, 0.29) is 12.3 Å². The van der Waals surface area contributed by atoms with Crippen molar-refractivity contribution in [2.45, 2.75) is 32.2 Å². The van der Waals surface area contributed by atoms with Gasteiger partial charge in [-0.15, -0.1) is 0 Å². The molecule has 18 heavy (non-hydrogen) atoms. The summed E-state index contributed by atoms with van der Waals surface area (Å²) in [5.41, 5.74) is 1.10. The Morgan fingerprint density at radius 3 is 2.33 bits per heavy atom. The van der Waals surface area contributed by atoms with Gasteiger partial charge in [0.1, 0.15) is 0 Å². The van der Waals surface area contributed by atoms with Crippen LogP contribution in [0.1, 0.15) is 31.2 Å². The number of aliphatic carboxylic acids is 1. The number of unbranched alkanes of at least 4 members (excludes halogenated alkanes) is 1. The standard InChI is InChI=1S/C14H19NO3/c1-15(11-12-7-3-2-4-8-12)13(16)9-5-6-10-14(17)18/h2-4,7-8H,5-6,9-11H2,1H3,(H,17,18). The van der Waals surface area contributed by atoms with Gasteiger partial charge in [-0.1, -0.05) is 30.3 Å². The van der Waals surface area contributed by atoms with Crippen LogP contribution in [0.3, 0.4) is 0 Å². The summed E-state index contributed by atoms with van der Waals surface area (Å²) in [5.74, 6) is -0.746. The summed E-state index contributed by atoms with van der Waals surface area (Å²) in [6, 6.07) is 9.79. The predicted octanol–water partition coefficient (Wildman–Crippen LogP) is 2.29. The van der Waals surface area contributed by atoms with Crippen LogP contribution in [0.25, 0.3) is 0 Å². The first-order valence-electron chi connectivity index (χ1n) is 6.09. The molecule has 0 aliphatic heterocycles. The van der Waals surface area contributed by atoms with Gasteiger partial charge in [0, 0.05) is 26.4 Å². The van der Waals surface area contributed by atoms with Crippen LogP contribution >= 0.6 is 0 Å². The highest BCUT2D eigenvalue weighted by molar-refractivity contribution is 5.75. The minimum absolute atomic E-state index is 0.0595. The average Bonchev–Trinajstić information content (AvgIpc) is 2.35. The lowest BCUT2D eigenvalue weighted by atomic mass is 10.1. The quantitative estimate of drug-likeness (QED) is 0.754. The van der Waals surface area contributed by atoms with Gasteiger partial charge >= 0.3 is 5.97 Å². The number of amides is 1. The highest BCUT2D eigenvalue weighted by Gasteiger charge is 2.09. The molecule has 0 spiro atoms. The van der Waals surface area contributed by atoms with Crippen molar-refractivity contribution in [2.75, 3.05) is 7.05 Å². The number of rotatable bonds is 7. The number of benzene rings is 1. The number of carbonyl (C=O) groups is 2. The zero-order valence-corrected chi connectivity index (χ0v) is 10.6. The highest BCUT2D eigenvalue weighted by Crippen LogP contribution is 2.07. The molecular formula is C14H19NO3. The van der Waals surface area contributed by atoms with E-state index >= 15 is 0 Å². The Morgan fingerprint density at radius 2 is 1.72 bits per heavy atom. The molecule has 0 bridgehead atoms. The van der Waals surface area contributed by atoms with Gasteiger partial charge in [0.2, 0.25) is 5.91 Å². The van der Waals surface area contributed by atoms with Gasteiger partial charge in [0.15, 0.2) is 0 Å². The first-order valence-corrected chi connectivity index (χ1v) is 6.09. The van der Waals surface area contributed by atoms with E-state index in [1.54, 1.807) is 11.9 Å². The van der Waals surface area contributed by atoms with Crippen molar-refractivity contribution in [3.05, 3.63) is 35.9 Å². The number of carbonyl (C=O) groups excluding carboxylic acids is 1. The van der Waals surface area contributed by atoms with E-state index in [0.29, 0.717) is 25.8 Å². The summed E-state index contributed by atoms with van der Waals surface area (Å²) >= 11 is 0. The second kappa shape index (κ2) is 7.48. The Labute approximate surface area is 107 Å². The largest absolute Gasteiger partial charge is 0.481 e. The smallest absolute Gasteiger partial charge is 0.303 e.